The predicted octanol–water partition coefficient (Wildman–Crippen LogP) is 3.98. The number of carbonyl (C=O) groups is 2. The van der Waals surface area contributed by atoms with E-state index in [-0.39, 0.29) is 28.8 Å². The summed E-state index contributed by atoms with van der Waals surface area (Å²) in [6.07, 6.45) is 8.82. The van der Waals surface area contributed by atoms with E-state index >= 15 is 0 Å². The van der Waals surface area contributed by atoms with Crippen LogP contribution in [-0.4, -0.2) is 17.9 Å². The number of hydrogen-bond acceptors (Lipinski definition) is 3. The molecule has 0 spiro atoms. The summed E-state index contributed by atoms with van der Waals surface area (Å²) < 4.78 is 5.66. The van der Waals surface area contributed by atoms with Crippen molar-refractivity contribution in [1.29, 1.82) is 0 Å². The molecule has 4 atom stereocenters. The highest BCUT2D eigenvalue weighted by atomic mass is 16.5. The van der Waals surface area contributed by atoms with Gasteiger partial charge in [-0.3, -0.25) is 9.59 Å². The maximum Gasteiger partial charge on any atom is 0.302 e. The molecule has 1 saturated carbocycles. The van der Waals surface area contributed by atoms with Gasteiger partial charge < -0.3 is 4.74 Å². The molecule has 0 N–H and O–H groups in total. The normalized spacial score (nSPS) is 41.0. The summed E-state index contributed by atoms with van der Waals surface area (Å²) in [5.74, 6) is 0.193. The third-order valence-electron chi connectivity index (χ3n) is 6.21. The highest BCUT2D eigenvalue weighted by Gasteiger charge is 2.54. The van der Waals surface area contributed by atoms with E-state index in [1.807, 2.05) is 6.92 Å². The van der Waals surface area contributed by atoms with Crippen LogP contribution >= 0.6 is 0 Å². The van der Waals surface area contributed by atoms with Gasteiger partial charge in [0.25, 0.3) is 0 Å². The first-order chi connectivity index (χ1) is 10.3. The summed E-state index contributed by atoms with van der Waals surface area (Å²) in [5, 5.41) is 0. The molecule has 3 aliphatic carbocycles. The van der Waals surface area contributed by atoms with Crippen molar-refractivity contribution in [1.82, 2.24) is 0 Å². The van der Waals surface area contributed by atoms with Crippen molar-refractivity contribution >= 4 is 11.8 Å². The average molecular weight is 302 g/mol. The third-order valence-corrected chi connectivity index (χ3v) is 6.21. The van der Waals surface area contributed by atoms with E-state index in [0.717, 1.165) is 25.7 Å². The molecule has 0 amide bonds. The zero-order valence-electron chi connectivity index (χ0n) is 14.1. The maximum atomic E-state index is 12.1. The summed E-state index contributed by atoms with van der Waals surface area (Å²) >= 11 is 0. The standard InChI is InChI=1S/C19H26O3/c1-12-14-8-10-19(4)16(18(14,3)11-9-15(12)21)6-5-7-17(19)22-13(2)20/h6,8,12,17H,5,7,9-11H2,1-4H3/t12-,17-,18?,19?/m1/s1. The highest BCUT2D eigenvalue weighted by molar-refractivity contribution is 5.85. The van der Waals surface area contributed by atoms with Gasteiger partial charge in [0.05, 0.1) is 0 Å². The fourth-order valence-electron chi connectivity index (χ4n) is 4.99. The molecule has 3 heteroatoms. The number of Topliss-reactive ketones (excluding diaryl/α,β-unsaturated/α-hetero) is 1. The van der Waals surface area contributed by atoms with Gasteiger partial charge in [0.15, 0.2) is 0 Å². The van der Waals surface area contributed by atoms with Crippen LogP contribution in [0.5, 0.6) is 0 Å². The monoisotopic (exact) mass is 302 g/mol. The molecular formula is C19H26O3. The highest BCUT2D eigenvalue weighted by Crippen LogP contribution is 2.60. The molecule has 0 radical (unpaired) electrons. The number of rotatable bonds is 1. The molecule has 0 saturated heterocycles. The molecule has 3 rings (SSSR count). The number of fused-ring (bicyclic) bond motifs is 3. The molecule has 1 fully saturated rings. The van der Waals surface area contributed by atoms with Gasteiger partial charge in [-0.25, -0.2) is 0 Å². The Balaban J connectivity index is 2.05. The molecule has 0 aliphatic heterocycles. The van der Waals surface area contributed by atoms with Crippen molar-refractivity contribution in [3.8, 4) is 0 Å². The fraction of sp³-hybridized carbons (Fsp3) is 0.684. The minimum absolute atomic E-state index is 0.0262. The van der Waals surface area contributed by atoms with Gasteiger partial charge in [-0.05, 0) is 25.7 Å². The van der Waals surface area contributed by atoms with Gasteiger partial charge in [-0.1, -0.05) is 44.1 Å². The first-order valence-electron chi connectivity index (χ1n) is 8.40. The summed E-state index contributed by atoms with van der Waals surface area (Å²) in [7, 11) is 0. The van der Waals surface area contributed by atoms with Crippen molar-refractivity contribution in [2.45, 2.75) is 65.9 Å². The molecule has 120 valence electrons. The Morgan fingerprint density at radius 1 is 1.32 bits per heavy atom. The summed E-state index contributed by atoms with van der Waals surface area (Å²) in [6, 6.07) is 0. The number of allylic oxidation sites excluding steroid dienone is 3. The van der Waals surface area contributed by atoms with Crippen molar-refractivity contribution in [2.75, 3.05) is 0 Å². The Bertz CT molecular complexity index is 585. The van der Waals surface area contributed by atoms with Crippen molar-refractivity contribution in [3.05, 3.63) is 23.3 Å². The lowest BCUT2D eigenvalue weighted by atomic mass is 9.50. The van der Waals surface area contributed by atoms with E-state index in [9.17, 15) is 9.59 Å². The lowest BCUT2D eigenvalue weighted by Gasteiger charge is -2.54. The van der Waals surface area contributed by atoms with Crippen LogP contribution in [-0.2, 0) is 14.3 Å². The largest absolute Gasteiger partial charge is 0.462 e. The second-order valence-corrected chi connectivity index (χ2v) is 7.59. The van der Waals surface area contributed by atoms with Crippen LogP contribution < -0.4 is 0 Å². The molecule has 3 nitrogen and oxygen atoms in total. The minimum Gasteiger partial charge on any atom is -0.462 e. The van der Waals surface area contributed by atoms with Crippen LogP contribution in [0.3, 0.4) is 0 Å². The Morgan fingerprint density at radius 2 is 2.05 bits per heavy atom. The predicted molar refractivity (Wildman–Crippen MR) is 85.2 cm³/mol. The molecular weight excluding hydrogens is 276 g/mol. The Kier molecular flexibility index (Phi) is 3.58. The Hall–Kier alpha value is -1.38. The van der Waals surface area contributed by atoms with Gasteiger partial charge in [-0.15, -0.1) is 0 Å². The second kappa shape index (κ2) is 5.07. The fourth-order valence-corrected chi connectivity index (χ4v) is 4.99. The van der Waals surface area contributed by atoms with Gasteiger partial charge in [-0.2, -0.15) is 0 Å². The summed E-state index contributed by atoms with van der Waals surface area (Å²) in [4.78, 5) is 23.6. The van der Waals surface area contributed by atoms with Gasteiger partial charge in [0.1, 0.15) is 11.9 Å². The number of esters is 1. The van der Waals surface area contributed by atoms with Crippen molar-refractivity contribution in [3.63, 3.8) is 0 Å². The van der Waals surface area contributed by atoms with Crippen LogP contribution in [0.2, 0.25) is 0 Å². The Labute approximate surface area is 132 Å². The Morgan fingerprint density at radius 3 is 2.73 bits per heavy atom. The zero-order chi connectivity index (χ0) is 16.1. The molecule has 2 unspecified atom stereocenters. The van der Waals surface area contributed by atoms with Crippen LogP contribution in [0.1, 0.15) is 59.8 Å². The number of ether oxygens (including phenoxy) is 1. The van der Waals surface area contributed by atoms with Crippen LogP contribution in [0.15, 0.2) is 23.3 Å². The van der Waals surface area contributed by atoms with Gasteiger partial charge in [0, 0.05) is 30.1 Å². The van der Waals surface area contributed by atoms with Crippen LogP contribution in [0, 0.1) is 16.7 Å². The smallest absolute Gasteiger partial charge is 0.302 e. The van der Waals surface area contributed by atoms with Gasteiger partial charge in [0.2, 0.25) is 0 Å². The quantitative estimate of drug-likeness (QED) is 0.543. The molecule has 0 aromatic rings. The van der Waals surface area contributed by atoms with E-state index < -0.39 is 0 Å². The zero-order valence-corrected chi connectivity index (χ0v) is 14.1. The summed E-state index contributed by atoms with van der Waals surface area (Å²) in [5.41, 5.74) is 2.52. The second-order valence-electron chi connectivity index (χ2n) is 7.59. The molecule has 0 heterocycles. The lowest BCUT2D eigenvalue weighted by Crippen LogP contribution is -2.49. The first kappa shape index (κ1) is 15.5. The first-order valence-corrected chi connectivity index (χ1v) is 8.40. The molecule has 3 aliphatic rings. The van der Waals surface area contributed by atoms with E-state index in [2.05, 4.69) is 26.0 Å². The minimum atomic E-state index is -0.195. The molecule has 0 aromatic heterocycles. The van der Waals surface area contributed by atoms with E-state index in [4.69, 9.17) is 4.74 Å². The molecule has 22 heavy (non-hydrogen) atoms. The molecule has 0 aromatic carbocycles. The topological polar surface area (TPSA) is 43.4 Å². The third kappa shape index (κ3) is 2.09. The van der Waals surface area contributed by atoms with Crippen molar-refractivity contribution in [2.24, 2.45) is 16.7 Å². The average Bonchev–Trinajstić information content (AvgIpc) is 2.44. The number of hydrogen-bond donors (Lipinski definition) is 0. The van der Waals surface area contributed by atoms with Gasteiger partial charge >= 0.3 is 5.97 Å². The van der Waals surface area contributed by atoms with Crippen LogP contribution in [0.4, 0.5) is 0 Å². The van der Waals surface area contributed by atoms with E-state index in [1.165, 1.54) is 18.1 Å². The SMILES string of the molecule is CC(=O)O[C@@H]1CCC=C2C3(C)CCC(=O)[C@H](C)C3=CCC21C. The molecule has 0 bridgehead atoms. The number of carbonyl (C=O) groups excluding carboxylic acids is 2. The summed E-state index contributed by atoms with van der Waals surface area (Å²) in [6.45, 7) is 8.04. The van der Waals surface area contributed by atoms with Crippen LogP contribution in [0.25, 0.3) is 0 Å². The maximum absolute atomic E-state index is 12.1. The number of ketones is 1. The van der Waals surface area contributed by atoms with E-state index in [0.29, 0.717) is 12.2 Å². The lowest BCUT2D eigenvalue weighted by molar-refractivity contribution is -0.153. The van der Waals surface area contributed by atoms with E-state index in [1.54, 1.807) is 0 Å². The van der Waals surface area contributed by atoms with Crippen molar-refractivity contribution < 1.29 is 14.3 Å².